The number of rotatable bonds is 5. The standard InChI is InChI=1S/C12H19N3O4/c1-4-14(5-2)9(16)6-7-15-11(18)8(3)10(17)13-12(15)19/h8H,4-7H2,1-3H3,(H,13,17,19). The van der Waals surface area contributed by atoms with Gasteiger partial charge in [0.05, 0.1) is 0 Å². The molecule has 1 aliphatic heterocycles. The third-order valence-corrected chi connectivity index (χ3v) is 3.17. The van der Waals surface area contributed by atoms with Gasteiger partial charge in [-0.3, -0.25) is 24.6 Å². The van der Waals surface area contributed by atoms with Crippen molar-refractivity contribution in [3.05, 3.63) is 0 Å². The quantitative estimate of drug-likeness (QED) is 0.709. The maximum Gasteiger partial charge on any atom is 0.330 e. The van der Waals surface area contributed by atoms with Gasteiger partial charge in [0.2, 0.25) is 17.7 Å². The molecule has 0 aromatic carbocycles. The Morgan fingerprint density at radius 3 is 2.37 bits per heavy atom. The maximum absolute atomic E-state index is 11.8. The molecule has 0 bridgehead atoms. The summed E-state index contributed by atoms with van der Waals surface area (Å²) in [6, 6.07) is -0.750. The highest BCUT2D eigenvalue weighted by molar-refractivity contribution is 6.15. The Morgan fingerprint density at radius 1 is 1.26 bits per heavy atom. The number of hydrogen-bond acceptors (Lipinski definition) is 4. The summed E-state index contributed by atoms with van der Waals surface area (Å²) < 4.78 is 0. The normalized spacial score (nSPS) is 19.4. The third-order valence-electron chi connectivity index (χ3n) is 3.17. The van der Waals surface area contributed by atoms with Crippen LogP contribution in [0, 0.1) is 5.92 Å². The van der Waals surface area contributed by atoms with E-state index in [0.29, 0.717) is 13.1 Å². The lowest BCUT2D eigenvalue weighted by atomic mass is 10.1. The predicted octanol–water partition coefficient (Wildman–Crippen LogP) is -0.0406. The second-order valence-corrected chi connectivity index (χ2v) is 4.32. The van der Waals surface area contributed by atoms with Gasteiger partial charge in [-0.15, -0.1) is 0 Å². The lowest BCUT2D eigenvalue weighted by Gasteiger charge is -2.29. The molecular weight excluding hydrogens is 250 g/mol. The molecule has 0 spiro atoms. The summed E-state index contributed by atoms with van der Waals surface area (Å²) in [5, 5.41) is 2.09. The van der Waals surface area contributed by atoms with Crippen LogP contribution in [0.4, 0.5) is 4.79 Å². The van der Waals surface area contributed by atoms with Gasteiger partial charge in [0.15, 0.2) is 0 Å². The summed E-state index contributed by atoms with van der Waals surface area (Å²) in [7, 11) is 0. The van der Waals surface area contributed by atoms with Crippen LogP contribution < -0.4 is 5.32 Å². The summed E-state index contributed by atoms with van der Waals surface area (Å²) in [5.74, 6) is -2.15. The molecule has 7 heteroatoms. The van der Waals surface area contributed by atoms with E-state index in [1.54, 1.807) is 4.90 Å². The molecule has 1 N–H and O–H groups in total. The molecule has 1 fully saturated rings. The summed E-state index contributed by atoms with van der Waals surface area (Å²) in [6.07, 6.45) is 0.0712. The fourth-order valence-electron chi connectivity index (χ4n) is 1.88. The Balaban J connectivity index is 2.61. The van der Waals surface area contributed by atoms with Crippen molar-refractivity contribution in [2.24, 2.45) is 5.92 Å². The fraction of sp³-hybridized carbons (Fsp3) is 0.667. The Bertz CT molecular complexity index is 404. The Labute approximate surface area is 111 Å². The zero-order valence-electron chi connectivity index (χ0n) is 11.4. The minimum absolute atomic E-state index is 0.00236. The molecule has 0 aliphatic carbocycles. The number of barbiturate groups is 1. The number of amides is 5. The van der Waals surface area contributed by atoms with E-state index < -0.39 is 23.8 Å². The molecule has 1 atom stereocenters. The largest absolute Gasteiger partial charge is 0.343 e. The maximum atomic E-state index is 11.8. The van der Waals surface area contributed by atoms with Gasteiger partial charge in [-0.1, -0.05) is 0 Å². The van der Waals surface area contributed by atoms with Crippen LogP contribution in [0.3, 0.4) is 0 Å². The minimum Gasteiger partial charge on any atom is -0.343 e. The lowest BCUT2D eigenvalue weighted by molar-refractivity contribution is -0.142. The highest BCUT2D eigenvalue weighted by atomic mass is 16.2. The lowest BCUT2D eigenvalue weighted by Crippen LogP contribution is -2.57. The van der Waals surface area contributed by atoms with Crippen LogP contribution in [0.15, 0.2) is 0 Å². The molecule has 0 saturated carbocycles. The average molecular weight is 269 g/mol. The molecule has 1 saturated heterocycles. The molecule has 0 aromatic heterocycles. The van der Waals surface area contributed by atoms with Crippen LogP contribution in [-0.2, 0) is 14.4 Å². The SMILES string of the molecule is CCN(CC)C(=O)CCN1C(=O)NC(=O)C(C)C1=O. The fourth-order valence-corrected chi connectivity index (χ4v) is 1.88. The zero-order valence-corrected chi connectivity index (χ0v) is 11.4. The first-order valence-electron chi connectivity index (χ1n) is 6.36. The van der Waals surface area contributed by atoms with Crippen LogP contribution in [0.2, 0.25) is 0 Å². The number of carbonyl (C=O) groups is 4. The van der Waals surface area contributed by atoms with Gasteiger partial charge in [0, 0.05) is 26.1 Å². The summed E-state index contributed by atoms with van der Waals surface area (Å²) in [5.41, 5.74) is 0. The van der Waals surface area contributed by atoms with E-state index in [2.05, 4.69) is 5.32 Å². The van der Waals surface area contributed by atoms with E-state index in [1.807, 2.05) is 13.8 Å². The number of nitrogens with one attached hydrogen (secondary N) is 1. The van der Waals surface area contributed by atoms with Crippen LogP contribution in [0.1, 0.15) is 27.2 Å². The molecule has 19 heavy (non-hydrogen) atoms. The molecule has 1 rings (SSSR count). The summed E-state index contributed by atoms with van der Waals surface area (Å²) in [6.45, 7) is 6.33. The highest BCUT2D eigenvalue weighted by Crippen LogP contribution is 2.10. The van der Waals surface area contributed by atoms with E-state index in [4.69, 9.17) is 0 Å². The summed E-state index contributed by atoms with van der Waals surface area (Å²) >= 11 is 0. The van der Waals surface area contributed by atoms with E-state index in [9.17, 15) is 19.2 Å². The molecule has 0 aromatic rings. The zero-order chi connectivity index (χ0) is 14.6. The van der Waals surface area contributed by atoms with Crippen LogP contribution in [0.25, 0.3) is 0 Å². The van der Waals surface area contributed by atoms with E-state index in [-0.39, 0.29) is 18.9 Å². The molecule has 106 valence electrons. The molecule has 1 aliphatic rings. The molecule has 5 amide bonds. The van der Waals surface area contributed by atoms with Crippen LogP contribution in [-0.4, -0.2) is 53.2 Å². The van der Waals surface area contributed by atoms with Crippen molar-refractivity contribution in [2.45, 2.75) is 27.2 Å². The van der Waals surface area contributed by atoms with Gasteiger partial charge in [0.25, 0.3) is 0 Å². The van der Waals surface area contributed by atoms with Crippen molar-refractivity contribution in [3.8, 4) is 0 Å². The number of imide groups is 2. The van der Waals surface area contributed by atoms with E-state index in [0.717, 1.165) is 4.90 Å². The highest BCUT2D eigenvalue weighted by Gasteiger charge is 2.37. The van der Waals surface area contributed by atoms with E-state index in [1.165, 1.54) is 6.92 Å². The Hall–Kier alpha value is -1.92. The predicted molar refractivity (Wildman–Crippen MR) is 67.0 cm³/mol. The van der Waals surface area contributed by atoms with Gasteiger partial charge in [0.1, 0.15) is 5.92 Å². The van der Waals surface area contributed by atoms with Crippen molar-refractivity contribution >= 4 is 23.8 Å². The van der Waals surface area contributed by atoms with Crippen molar-refractivity contribution in [1.29, 1.82) is 0 Å². The average Bonchev–Trinajstić information content (AvgIpc) is 2.37. The molecular formula is C12H19N3O4. The second-order valence-electron chi connectivity index (χ2n) is 4.32. The molecule has 1 unspecified atom stereocenters. The number of nitrogens with zero attached hydrogens (tertiary/aromatic N) is 2. The van der Waals surface area contributed by atoms with Gasteiger partial charge >= 0.3 is 6.03 Å². The monoisotopic (exact) mass is 269 g/mol. The summed E-state index contributed by atoms with van der Waals surface area (Å²) in [4.78, 5) is 48.9. The topological polar surface area (TPSA) is 86.8 Å². The molecule has 0 radical (unpaired) electrons. The van der Waals surface area contributed by atoms with Gasteiger partial charge in [-0.25, -0.2) is 4.79 Å². The van der Waals surface area contributed by atoms with Crippen molar-refractivity contribution in [2.75, 3.05) is 19.6 Å². The van der Waals surface area contributed by atoms with Crippen LogP contribution in [0.5, 0.6) is 0 Å². The smallest absolute Gasteiger partial charge is 0.330 e. The number of hydrogen-bond donors (Lipinski definition) is 1. The first kappa shape index (κ1) is 15.1. The van der Waals surface area contributed by atoms with Crippen molar-refractivity contribution < 1.29 is 19.2 Å². The van der Waals surface area contributed by atoms with Gasteiger partial charge in [-0.2, -0.15) is 0 Å². The third kappa shape index (κ3) is 3.30. The Morgan fingerprint density at radius 2 is 1.84 bits per heavy atom. The first-order valence-corrected chi connectivity index (χ1v) is 6.36. The van der Waals surface area contributed by atoms with Crippen molar-refractivity contribution in [1.82, 2.24) is 15.1 Å². The first-order chi connectivity index (χ1) is 8.92. The molecule has 7 nitrogen and oxygen atoms in total. The number of urea groups is 1. The number of carbonyl (C=O) groups excluding carboxylic acids is 4. The van der Waals surface area contributed by atoms with Crippen LogP contribution >= 0.6 is 0 Å². The molecule has 1 heterocycles. The van der Waals surface area contributed by atoms with Crippen molar-refractivity contribution in [3.63, 3.8) is 0 Å². The van der Waals surface area contributed by atoms with Gasteiger partial charge in [-0.05, 0) is 20.8 Å². The Kier molecular flexibility index (Phi) is 5.02. The van der Waals surface area contributed by atoms with E-state index >= 15 is 0 Å². The second kappa shape index (κ2) is 6.31. The van der Waals surface area contributed by atoms with Gasteiger partial charge < -0.3 is 4.90 Å². The minimum atomic E-state index is -0.888.